The highest BCUT2D eigenvalue weighted by molar-refractivity contribution is 5.91. The summed E-state index contributed by atoms with van der Waals surface area (Å²) in [4.78, 5) is 24.1. The zero-order valence-corrected chi connectivity index (χ0v) is 10.8. The number of rotatable bonds is 6. The summed E-state index contributed by atoms with van der Waals surface area (Å²) in [5.74, 6) is 0.287. The predicted octanol–water partition coefficient (Wildman–Crippen LogP) is 3.19. The van der Waals surface area contributed by atoms with Crippen LogP contribution in [-0.2, 0) is 9.59 Å². The van der Waals surface area contributed by atoms with Gasteiger partial charge in [-0.1, -0.05) is 26.0 Å². The van der Waals surface area contributed by atoms with Crippen LogP contribution in [0.5, 0.6) is 0 Å². The van der Waals surface area contributed by atoms with Crippen molar-refractivity contribution in [1.82, 2.24) is 0 Å². The number of allylic oxidation sites excluding steroid dienone is 2. The first kappa shape index (κ1) is 13.9. The molecule has 0 aromatic carbocycles. The van der Waals surface area contributed by atoms with E-state index in [0.29, 0.717) is 12.8 Å². The Morgan fingerprint density at radius 2 is 1.35 bits per heavy atom. The minimum Gasteiger partial charge on any atom is -0.299 e. The first-order chi connectivity index (χ1) is 8.10. The summed E-state index contributed by atoms with van der Waals surface area (Å²) in [7, 11) is 0. The van der Waals surface area contributed by atoms with Crippen LogP contribution in [0.15, 0.2) is 25.3 Å². The third-order valence-corrected chi connectivity index (χ3v) is 3.90. The van der Waals surface area contributed by atoms with Crippen molar-refractivity contribution in [3.63, 3.8) is 0 Å². The van der Waals surface area contributed by atoms with Crippen molar-refractivity contribution in [2.75, 3.05) is 0 Å². The Morgan fingerprint density at radius 1 is 1.00 bits per heavy atom. The smallest absolute Gasteiger partial charge is 0.137 e. The molecule has 0 aliphatic heterocycles. The molecular formula is C15H22O2. The van der Waals surface area contributed by atoms with E-state index >= 15 is 0 Å². The highest BCUT2D eigenvalue weighted by atomic mass is 16.1. The number of carbonyl (C=O) groups excluding carboxylic acids is 2. The first-order valence-corrected chi connectivity index (χ1v) is 6.41. The van der Waals surface area contributed by atoms with E-state index in [1.54, 1.807) is 0 Å². The van der Waals surface area contributed by atoms with Crippen molar-refractivity contribution in [1.29, 1.82) is 0 Å². The van der Waals surface area contributed by atoms with Gasteiger partial charge in [-0.05, 0) is 18.3 Å². The summed E-state index contributed by atoms with van der Waals surface area (Å²) >= 11 is 0. The van der Waals surface area contributed by atoms with E-state index < -0.39 is 0 Å². The topological polar surface area (TPSA) is 34.1 Å². The van der Waals surface area contributed by atoms with Gasteiger partial charge in [0.25, 0.3) is 0 Å². The SMILES string of the molecule is C=CC1CC(C=C)C(C(=O)CC)C1C(=O)CC. The van der Waals surface area contributed by atoms with Gasteiger partial charge in [0.1, 0.15) is 11.6 Å². The molecule has 2 nitrogen and oxygen atoms in total. The number of ketones is 2. The largest absolute Gasteiger partial charge is 0.299 e. The molecule has 0 aromatic heterocycles. The standard InChI is InChI=1S/C15H22O2/c1-5-10-9-11(6-2)15(13(17)8-4)14(10)12(16)7-3/h5-6,10-11,14-15H,1-2,7-9H2,3-4H3. The van der Waals surface area contributed by atoms with Gasteiger partial charge in [-0.15, -0.1) is 13.2 Å². The molecule has 0 N–H and O–H groups in total. The van der Waals surface area contributed by atoms with E-state index in [-0.39, 0.29) is 35.2 Å². The third kappa shape index (κ3) is 2.56. The van der Waals surface area contributed by atoms with Crippen LogP contribution in [0.3, 0.4) is 0 Å². The second kappa shape index (κ2) is 5.95. The Labute approximate surface area is 104 Å². The van der Waals surface area contributed by atoms with Gasteiger partial charge in [0.2, 0.25) is 0 Å². The van der Waals surface area contributed by atoms with Crippen molar-refractivity contribution in [2.45, 2.75) is 33.1 Å². The van der Waals surface area contributed by atoms with Crippen molar-refractivity contribution >= 4 is 11.6 Å². The third-order valence-electron chi connectivity index (χ3n) is 3.90. The monoisotopic (exact) mass is 234 g/mol. The second-order valence-corrected chi connectivity index (χ2v) is 4.73. The van der Waals surface area contributed by atoms with E-state index in [1.807, 2.05) is 26.0 Å². The van der Waals surface area contributed by atoms with Crippen LogP contribution in [0.2, 0.25) is 0 Å². The van der Waals surface area contributed by atoms with Crippen LogP contribution >= 0.6 is 0 Å². The Bertz CT molecular complexity index is 298. The molecule has 0 spiro atoms. The molecule has 2 heteroatoms. The van der Waals surface area contributed by atoms with E-state index in [0.717, 1.165) is 6.42 Å². The van der Waals surface area contributed by atoms with Crippen LogP contribution in [0.25, 0.3) is 0 Å². The van der Waals surface area contributed by atoms with Crippen LogP contribution in [-0.4, -0.2) is 11.6 Å². The van der Waals surface area contributed by atoms with Gasteiger partial charge in [0, 0.05) is 24.7 Å². The molecule has 1 saturated carbocycles. The molecular weight excluding hydrogens is 212 g/mol. The fraction of sp³-hybridized carbons (Fsp3) is 0.600. The van der Waals surface area contributed by atoms with E-state index in [2.05, 4.69) is 13.2 Å². The molecule has 0 saturated heterocycles. The van der Waals surface area contributed by atoms with Crippen LogP contribution in [0.1, 0.15) is 33.1 Å². The van der Waals surface area contributed by atoms with E-state index in [9.17, 15) is 9.59 Å². The average Bonchev–Trinajstić information content (AvgIpc) is 2.75. The van der Waals surface area contributed by atoms with Crippen molar-refractivity contribution in [3.05, 3.63) is 25.3 Å². The molecule has 0 aromatic rings. The van der Waals surface area contributed by atoms with Gasteiger partial charge in [0.05, 0.1) is 0 Å². The fourth-order valence-electron chi connectivity index (χ4n) is 2.98. The molecule has 4 unspecified atom stereocenters. The van der Waals surface area contributed by atoms with Gasteiger partial charge in [-0.3, -0.25) is 9.59 Å². The molecule has 1 rings (SSSR count). The lowest BCUT2D eigenvalue weighted by molar-refractivity contribution is -0.132. The zero-order valence-electron chi connectivity index (χ0n) is 10.8. The molecule has 0 heterocycles. The highest BCUT2D eigenvalue weighted by Gasteiger charge is 2.46. The highest BCUT2D eigenvalue weighted by Crippen LogP contribution is 2.44. The van der Waals surface area contributed by atoms with Gasteiger partial charge >= 0.3 is 0 Å². The molecule has 4 atom stereocenters. The predicted molar refractivity (Wildman–Crippen MR) is 69.6 cm³/mol. The van der Waals surface area contributed by atoms with Gasteiger partial charge in [-0.2, -0.15) is 0 Å². The summed E-state index contributed by atoms with van der Waals surface area (Å²) in [5.41, 5.74) is 0. The summed E-state index contributed by atoms with van der Waals surface area (Å²) in [5, 5.41) is 0. The molecule has 0 bridgehead atoms. The first-order valence-electron chi connectivity index (χ1n) is 6.41. The summed E-state index contributed by atoms with van der Waals surface area (Å²) in [6.07, 6.45) is 5.48. The Hall–Kier alpha value is -1.18. The lowest BCUT2D eigenvalue weighted by Crippen LogP contribution is -2.30. The average molecular weight is 234 g/mol. The summed E-state index contributed by atoms with van der Waals surface area (Å²) in [6, 6.07) is 0. The van der Waals surface area contributed by atoms with Crippen molar-refractivity contribution < 1.29 is 9.59 Å². The van der Waals surface area contributed by atoms with Gasteiger partial charge in [0.15, 0.2) is 0 Å². The zero-order chi connectivity index (χ0) is 13.0. The van der Waals surface area contributed by atoms with E-state index in [1.165, 1.54) is 0 Å². The normalized spacial score (nSPS) is 32.1. The Balaban J connectivity index is 3.07. The van der Waals surface area contributed by atoms with Crippen LogP contribution < -0.4 is 0 Å². The Morgan fingerprint density at radius 3 is 1.59 bits per heavy atom. The molecule has 17 heavy (non-hydrogen) atoms. The quantitative estimate of drug-likeness (QED) is 0.661. The number of Topliss-reactive ketones (excluding diaryl/α,β-unsaturated/α-hetero) is 2. The van der Waals surface area contributed by atoms with E-state index in [4.69, 9.17) is 0 Å². The van der Waals surface area contributed by atoms with Gasteiger partial charge in [-0.25, -0.2) is 0 Å². The van der Waals surface area contributed by atoms with Crippen LogP contribution in [0, 0.1) is 23.7 Å². The summed E-state index contributed by atoms with van der Waals surface area (Å²) in [6.45, 7) is 11.3. The summed E-state index contributed by atoms with van der Waals surface area (Å²) < 4.78 is 0. The lowest BCUT2D eigenvalue weighted by Gasteiger charge is -2.22. The Kier molecular flexibility index (Phi) is 4.86. The molecule has 0 amide bonds. The molecule has 94 valence electrons. The van der Waals surface area contributed by atoms with Crippen molar-refractivity contribution in [2.24, 2.45) is 23.7 Å². The molecule has 0 radical (unpaired) electrons. The lowest BCUT2D eigenvalue weighted by atomic mass is 9.79. The minimum absolute atomic E-state index is 0.131. The number of carbonyl (C=O) groups is 2. The maximum absolute atomic E-state index is 12.0. The maximum atomic E-state index is 12.0. The van der Waals surface area contributed by atoms with Gasteiger partial charge < -0.3 is 0 Å². The maximum Gasteiger partial charge on any atom is 0.137 e. The number of hydrogen-bond acceptors (Lipinski definition) is 2. The van der Waals surface area contributed by atoms with Crippen molar-refractivity contribution in [3.8, 4) is 0 Å². The minimum atomic E-state index is -0.173. The fourth-order valence-corrected chi connectivity index (χ4v) is 2.98. The second-order valence-electron chi connectivity index (χ2n) is 4.73. The molecule has 1 aliphatic carbocycles. The number of hydrogen-bond donors (Lipinski definition) is 0. The van der Waals surface area contributed by atoms with Crippen LogP contribution in [0.4, 0.5) is 0 Å². The molecule has 1 aliphatic rings. The molecule has 1 fully saturated rings.